The number of benzene rings is 2. The zero-order valence-electron chi connectivity index (χ0n) is 22.7. The number of carbonyl (C=O) groups excluding carboxylic acids is 2. The maximum Gasteiger partial charge on any atom is 1.00 e. The Kier molecular flexibility index (Phi) is 12.6. The van der Waals surface area contributed by atoms with E-state index in [4.69, 9.17) is 4.74 Å². The van der Waals surface area contributed by atoms with Crippen molar-refractivity contribution in [3.05, 3.63) is 76.9 Å². The summed E-state index contributed by atoms with van der Waals surface area (Å²) < 4.78 is 20.4. The van der Waals surface area contributed by atoms with E-state index in [9.17, 15) is 29.3 Å². The van der Waals surface area contributed by atoms with E-state index in [1.807, 2.05) is 38.1 Å². The molecule has 11 heteroatoms. The molecule has 0 saturated carbocycles. The zero-order chi connectivity index (χ0) is 27.8. The van der Waals surface area contributed by atoms with Gasteiger partial charge >= 0.3 is 29.6 Å². The number of amides is 1. The average molecular weight is 550 g/mol. The first-order valence-electron chi connectivity index (χ1n) is 12.4. The molecule has 1 aromatic heterocycles. The maximum absolute atomic E-state index is 13.6. The largest absolute Gasteiger partial charge is 1.00 e. The third kappa shape index (κ3) is 9.15. The fourth-order valence-electron chi connectivity index (χ4n) is 4.34. The quantitative estimate of drug-likeness (QED) is 0.239. The maximum atomic E-state index is 13.6. The summed E-state index contributed by atoms with van der Waals surface area (Å²) in [6, 6.07) is 13.0. The molecule has 0 fully saturated rings. The summed E-state index contributed by atoms with van der Waals surface area (Å²) in [7, 11) is 1.57. The molecule has 0 spiro atoms. The van der Waals surface area contributed by atoms with Crippen molar-refractivity contribution in [2.24, 2.45) is 0 Å². The van der Waals surface area contributed by atoms with Gasteiger partial charge in [0, 0.05) is 30.2 Å². The van der Waals surface area contributed by atoms with E-state index in [0.29, 0.717) is 22.7 Å². The van der Waals surface area contributed by atoms with Crippen LogP contribution in [0.4, 0.5) is 4.39 Å². The number of aliphatic hydroxyl groups excluding tert-OH is 2. The predicted octanol–water partition coefficient (Wildman–Crippen LogP) is -0.738. The molecule has 0 unspecified atom stereocenters. The Bertz CT molecular complexity index is 1250. The number of hydrogen-bond acceptors (Lipinski definition) is 7. The predicted molar refractivity (Wildman–Crippen MR) is 136 cm³/mol. The minimum absolute atomic E-state index is 0. The number of rotatable bonds is 13. The van der Waals surface area contributed by atoms with Gasteiger partial charge in [-0.25, -0.2) is 9.07 Å². The number of nitrogens with one attached hydrogen (secondary N) is 1. The second kappa shape index (κ2) is 15.1. The number of nitrogens with zero attached hydrogens (tertiary/aromatic N) is 2. The van der Waals surface area contributed by atoms with Crippen LogP contribution in [0.3, 0.4) is 0 Å². The number of aliphatic carboxylic acids is 1. The Morgan fingerprint density at radius 3 is 2.44 bits per heavy atom. The molecular weight excluding hydrogens is 516 g/mol. The summed E-state index contributed by atoms with van der Waals surface area (Å²) in [5, 5.41) is 38.5. The van der Waals surface area contributed by atoms with Crippen molar-refractivity contribution in [3.63, 3.8) is 0 Å². The smallest absolute Gasteiger partial charge is 0.550 e. The summed E-state index contributed by atoms with van der Waals surface area (Å²) >= 11 is 0. The molecule has 3 aromatic rings. The molecule has 3 N–H and O–H groups in total. The molecule has 0 aliphatic heterocycles. The normalized spacial score (nSPS) is 12.5. The van der Waals surface area contributed by atoms with Crippen LogP contribution in [0.2, 0.25) is 0 Å². The number of carboxylic acid groups (broad SMARTS) is 1. The van der Waals surface area contributed by atoms with Gasteiger partial charge in [0.1, 0.15) is 11.6 Å². The molecule has 2 atom stereocenters. The fourth-order valence-corrected chi connectivity index (χ4v) is 4.34. The van der Waals surface area contributed by atoms with E-state index in [0.717, 1.165) is 5.56 Å². The number of halogens is 1. The Hall–Kier alpha value is -2.76. The molecule has 9 nitrogen and oxygen atoms in total. The summed E-state index contributed by atoms with van der Waals surface area (Å²) in [6.45, 7) is 4.10. The molecular formula is C28H33FN3NaO6. The first kappa shape index (κ1) is 32.5. The van der Waals surface area contributed by atoms with Gasteiger partial charge in [0.15, 0.2) is 5.69 Å². The van der Waals surface area contributed by atoms with Gasteiger partial charge in [-0.1, -0.05) is 26.0 Å². The van der Waals surface area contributed by atoms with Gasteiger partial charge < -0.3 is 30.2 Å². The standard InChI is InChI=1S/C28H34FN3O6.Na/c1-17(2)26-24(12-11-21(33)14-22(34)15-25(35)36)32(20-9-7-19(29)8-10-20)31-27(26)28(37)30-16-18-5-4-6-23(13-18)38-3;/h4-10,13,17,21-22,33-34H,11-12,14-16H2,1-3H3,(H,30,37)(H,35,36);/q;+1/p-1/t21-,22-;/m1./s1. The van der Waals surface area contributed by atoms with E-state index >= 15 is 0 Å². The van der Waals surface area contributed by atoms with Crippen LogP contribution in [-0.4, -0.2) is 51.2 Å². The summed E-state index contributed by atoms with van der Waals surface area (Å²) in [6.07, 6.45) is -2.48. The van der Waals surface area contributed by atoms with E-state index in [-0.39, 0.29) is 72.9 Å². The van der Waals surface area contributed by atoms with Crippen molar-refractivity contribution < 1.29 is 63.6 Å². The fraction of sp³-hybridized carbons (Fsp3) is 0.393. The van der Waals surface area contributed by atoms with E-state index in [2.05, 4.69) is 10.4 Å². The molecule has 0 aliphatic carbocycles. The Labute approximate surface area is 249 Å². The molecule has 39 heavy (non-hydrogen) atoms. The van der Waals surface area contributed by atoms with E-state index < -0.39 is 30.4 Å². The second-order valence-electron chi connectivity index (χ2n) is 9.44. The number of hydrogen-bond donors (Lipinski definition) is 3. The minimum atomic E-state index is -1.40. The van der Waals surface area contributed by atoms with Gasteiger partial charge in [0.05, 0.1) is 25.0 Å². The molecule has 204 valence electrons. The molecule has 1 amide bonds. The molecule has 0 bridgehead atoms. The van der Waals surface area contributed by atoms with Gasteiger partial charge in [-0.05, 0) is 67.1 Å². The Morgan fingerprint density at radius 1 is 1.13 bits per heavy atom. The van der Waals surface area contributed by atoms with Crippen molar-refractivity contribution in [1.29, 1.82) is 0 Å². The number of methoxy groups -OCH3 is 1. The van der Waals surface area contributed by atoms with Crippen LogP contribution in [0.25, 0.3) is 5.69 Å². The third-order valence-electron chi connectivity index (χ3n) is 6.13. The molecule has 2 aromatic carbocycles. The van der Waals surface area contributed by atoms with Crippen molar-refractivity contribution in [2.45, 2.75) is 64.2 Å². The Morgan fingerprint density at radius 2 is 1.82 bits per heavy atom. The van der Waals surface area contributed by atoms with Crippen LogP contribution in [0, 0.1) is 5.82 Å². The first-order chi connectivity index (χ1) is 18.1. The third-order valence-corrected chi connectivity index (χ3v) is 6.13. The number of aromatic nitrogens is 2. The summed E-state index contributed by atoms with van der Waals surface area (Å²) in [4.78, 5) is 24.0. The van der Waals surface area contributed by atoms with E-state index in [1.165, 1.54) is 12.1 Å². The number of aliphatic hydroxyl groups is 2. The SMILES string of the molecule is COc1cccc(CNC(=O)c2nn(-c3ccc(F)cc3)c(CC[C@@H](O)C[C@@H](O)CC(=O)[O-])c2C(C)C)c1.[Na+]. The van der Waals surface area contributed by atoms with Crippen LogP contribution in [0.15, 0.2) is 48.5 Å². The van der Waals surface area contributed by atoms with Gasteiger partial charge in [-0.3, -0.25) is 4.79 Å². The summed E-state index contributed by atoms with van der Waals surface area (Å²) in [5.41, 5.74) is 2.95. The zero-order valence-corrected chi connectivity index (χ0v) is 24.7. The van der Waals surface area contributed by atoms with E-state index in [1.54, 1.807) is 23.9 Å². The number of carbonyl (C=O) groups is 2. The average Bonchev–Trinajstić information content (AvgIpc) is 3.26. The Balaban J connectivity index is 0.00000533. The van der Waals surface area contributed by atoms with Crippen LogP contribution in [0.5, 0.6) is 5.75 Å². The van der Waals surface area contributed by atoms with Crippen LogP contribution in [0.1, 0.15) is 66.3 Å². The molecule has 3 rings (SSSR count). The van der Waals surface area contributed by atoms with Crippen molar-refractivity contribution in [3.8, 4) is 11.4 Å². The van der Waals surface area contributed by atoms with Gasteiger partial charge in [0.2, 0.25) is 0 Å². The molecule has 0 aliphatic rings. The minimum Gasteiger partial charge on any atom is -0.550 e. The van der Waals surface area contributed by atoms with Crippen molar-refractivity contribution >= 4 is 11.9 Å². The van der Waals surface area contributed by atoms with Crippen molar-refractivity contribution in [1.82, 2.24) is 15.1 Å². The van der Waals surface area contributed by atoms with Crippen LogP contribution >= 0.6 is 0 Å². The molecule has 1 heterocycles. The van der Waals surface area contributed by atoms with Crippen LogP contribution in [-0.2, 0) is 17.8 Å². The van der Waals surface area contributed by atoms with Crippen LogP contribution < -0.4 is 44.7 Å². The van der Waals surface area contributed by atoms with Gasteiger partial charge in [-0.2, -0.15) is 5.10 Å². The van der Waals surface area contributed by atoms with Gasteiger partial charge in [-0.15, -0.1) is 0 Å². The molecule has 0 radical (unpaired) electrons. The number of ether oxygens (including phenoxy) is 1. The first-order valence-corrected chi connectivity index (χ1v) is 12.4. The summed E-state index contributed by atoms with van der Waals surface area (Å²) in [5.74, 6) is -1.64. The molecule has 0 saturated heterocycles. The number of carboxylic acids is 1. The second-order valence-corrected chi connectivity index (χ2v) is 9.44. The van der Waals surface area contributed by atoms with Gasteiger partial charge in [0.25, 0.3) is 5.91 Å². The van der Waals surface area contributed by atoms with Crippen molar-refractivity contribution in [2.75, 3.05) is 7.11 Å². The topological polar surface area (TPSA) is 137 Å². The monoisotopic (exact) mass is 549 g/mol.